The number of urea groups is 1. The van der Waals surface area contributed by atoms with Gasteiger partial charge < -0.3 is 16.0 Å². The number of aromatic nitrogens is 1. The van der Waals surface area contributed by atoms with Crippen LogP contribution in [-0.2, 0) is 4.79 Å². The molecular weight excluding hydrogens is 280 g/mol. The number of anilines is 1. The predicted octanol–water partition coefficient (Wildman–Crippen LogP) is 2.27. The lowest BCUT2D eigenvalue weighted by Crippen LogP contribution is -2.46. The summed E-state index contributed by atoms with van der Waals surface area (Å²) in [5.41, 5.74) is 0.679. The number of hydrogen-bond donors (Lipinski definition) is 3. The van der Waals surface area contributed by atoms with Gasteiger partial charge in [-0.1, -0.05) is 19.1 Å². The molecule has 0 fully saturated rings. The van der Waals surface area contributed by atoms with Gasteiger partial charge in [-0.2, -0.15) is 0 Å². The number of amides is 3. The van der Waals surface area contributed by atoms with E-state index in [0.717, 1.165) is 17.2 Å². The van der Waals surface area contributed by atoms with Gasteiger partial charge in [0.15, 0.2) is 0 Å². The highest BCUT2D eigenvalue weighted by molar-refractivity contribution is 6.02. The standard InChI is InChI=1S/C16H20N4O2/c1-3-8-18-15(21)11(2)19-16(22)20-14-6-4-5-12-10-17-9-7-13(12)14/h4-7,9-11H,3,8H2,1-2H3,(H,18,21)(H2,19,20,22)/t11-/m0/s1. The first-order chi connectivity index (χ1) is 10.6. The van der Waals surface area contributed by atoms with E-state index in [1.807, 2.05) is 31.2 Å². The Hall–Kier alpha value is -2.63. The Morgan fingerprint density at radius 3 is 2.86 bits per heavy atom. The number of benzene rings is 1. The largest absolute Gasteiger partial charge is 0.354 e. The van der Waals surface area contributed by atoms with Crippen molar-refractivity contribution in [1.82, 2.24) is 15.6 Å². The van der Waals surface area contributed by atoms with Crippen molar-refractivity contribution in [1.29, 1.82) is 0 Å². The van der Waals surface area contributed by atoms with Crippen molar-refractivity contribution in [2.75, 3.05) is 11.9 Å². The molecule has 0 bridgehead atoms. The van der Waals surface area contributed by atoms with E-state index in [4.69, 9.17) is 0 Å². The summed E-state index contributed by atoms with van der Waals surface area (Å²) in [7, 11) is 0. The van der Waals surface area contributed by atoms with Crippen LogP contribution < -0.4 is 16.0 Å². The second-order valence-corrected chi connectivity index (χ2v) is 5.01. The van der Waals surface area contributed by atoms with Crippen LogP contribution in [0, 0.1) is 0 Å². The SMILES string of the molecule is CCCNC(=O)[C@H](C)NC(=O)Nc1cccc2cnccc12. The van der Waals surface area contributed by atoms with Gasteiger partial charge in [-0.05, 0) is 25.5 Å². The number of carbonyl (C=O) groups is 2. The Kier molecular flexibility index (Phi) is 5.30. The molecular formula is C16H20N4O2. The van der Waals surface area contributed by atoms with E-state index in [-0.39, 0.29) is 5.91 Å². The van der Waals surface area contributed by atoms with Crippen LogP contribution in [0.15, 0.2) is 36.7 Å². The van der Waals surface area contributed by atoms with Crippen LogP contribution in [-0.4, -0.2) is 29.5 Å². The summed E-state index contributed by atoms with van der Waals surface area (Å²) < 4.78 is 0. The van der Waals surface area contributed by atoms with Gasteiger partial charge in [0.1, 0.15) is 6.04 Å². The van der Waals surface area contributed by atoms with Crippen molar-refractivity contribution >= 4 is 28.4 Å². The molecule has 0 aliphatic rings. The van der Waals surface area contributed by atoms with E-state index in [1.165, 1.54) is 0 Å². The molecule has 0 saturated carbocycles. The fourth-order valence-electron chi connectivity index (χ4n) is 2.05. The van der Waals surface area contributed by atoms with Gasteiger partial charge in [-0.15, -0.1) is 0 Å². The zero-order chi connectivity index (χ0) is 15.9. The number of carbonyl (C=O) groups excluding carboxylic acids is 2. The maximum Gasteiger partial charge on any atom is 0.319 e. The van der Waals surface area contributed by atoms with Crippen LogP contribution in [0.4, 0.5) is 10.5 Å². The molecule has 6 nitrogen and oxygen atoms in total. The fraction of sp³-hybridized carbons (Fsp3) is 0.312. The minimum Gasteiger partial charge on any atom is -0.354 e. The minimum absolute atomic E-state index is 0.195. The van der Waals surface area contributed by atoms with Crippen molar-refractivity contribution in [2.24, 2.45) is 0 Å². The van der Waals surface area contributed by atoms with Crippen LogP contribution in [0.2, 0.25) is 0 Å². The van der Waals surface area contributed by atoms with Crippen LogP contribution in [0.1, 0.15) is 20.3 Å². The Morgan fingerprint density at radius 1 is 1.27 bits per heavy atom. The topological polar surface area (TPSA) is 83.1 Å². The van der Waals surface area contributed by atoms with Crippen LogP contribution in [0.5, 0.6) is 0 Å². The van der Waals surface area contributed by atoms with Crippen molar-refractivity contribution < 1.29 is 9.59 Å². The zero-order valence-corrected chi connectivity index (χ0v) is 12.7. The summed E-state index contributed by atoms with van der Waals surface area (Å²) in [6, 6.07) is 6.40. The average Bonchev–Trinajstić information content (AvgIpc) is 2.52. The summed E-state index contributed by atoms with van der Waals surface area (Å²) >= 11 is 0. The van der Waals surface area contributed by atoms with Crippen LogP contribution in [0.25, 0.3) is 10.8 Å². The van der Waals surface area contributed by atoms with Crippen molar-refractivity contribution in [3.05, 3.63) is 36.7 Å². The number of hydrogen-bond acceptors (Lipinski definition) is 3. The zero-order valence-electron chi connectivity index (χ0n) is 12.7. The van der Waals surface area contributed by atoms with Gasteiger partial charge in [-0.3, -0.25) is 9.78 Å². The van der Waals surface area contributed by atoms with Crippen molar-refractivity contribution in [2.45, 2.75) is 26.3 Å². The molecule has 0 aliphatic carbocycles. The van der Waals surface area contributed by atoms with Crippen LogP contribution >= 0.6 is 0 Å². The molecule has 2 aromatic rings. The summed E-state index contributed by atoms with van der Waals surface area (Å²) in [6.45, 7) is 4.22. The summed E-state index contributed by atoms with van der Waals surface area (Å²) in [4.78, 5) is 27.8. The minimum atomic E-state index is -0.594. The lowest BCUT2D eigenvalue weighted by molar-refractivity contribution is -0.122. The average molecular weight is 300 g/mol. The molecule has 1 atom stereocenters. The molecule has 0 aliphatic heterocycles. The molecule has 0 unspecified atom stereocenters. The molecule has 0 spiro atoms. The molecule has 22 heavy (non-hydrogen) atoms. The van der Waals surface area contributed by atoms with Gasteiger partial charge in [0.2, 0.25) is 5.91 Å². The Labute approximate surface area is 129 Å². The normalized spacial score (nSPS) is 11.7. The third-order valence-electron chi connectivity index (χ3n) is 3.22. The lowest BCUT2D eigenvalue weighted by Gasteiger charge is -2.15. The molecule has 3 amide bonds. The third kappa shape index (κ3) is 3.94. The highest BCUT2D eigenvalue weighted by atomic mass is 16.2. The molecule has 116 valence electrons. The van der Waals surface area contributed by atoms with Crippen LogP contribution in [0.3, 0.4) is 0 Å². The maximum atomic E-state index is 12.0. The molecule has 1 aromatic carbocycles. The highest BCUT2D eigenvalue weighted by Gasteiger charge is 2.15. The fourth-order valence-corrected chi connectivity index (χ4v) is 2.05. The van der Waals surface area contributed by atoms with E-state index < -0.39 is 12.1 Å². The lowest BCUT2D eigenvalue weighted by atomic mass is 10.1. The monoisotopic (exact) mass is 300 g/mol. The molecule has 1 heterocycles. The molecule has 0 radical (unpaired) electrons. The number of nitrogens with one attached hydrogen (secondary N) is 3. The smallest absolute Gasteiger partial charge is 0.319 e. The van der Waals surface area contributed by atoms with E-state index in [9.17, 15) is 9.59 Å². The maximum absolute atomic E-state index is 12.0. The van der Waals surface area contributed by atoms with E-state index in [1.54, 1.807) is 19.3 Å². The summed E-state index contributed by atoms with van der Waals surface area (Å²) in [6.07, 6.45) is 4.26. The second kappa shape index (κ2) is 7.40. The van der Waals surface area contributed by atoms with Crippen molar-refractivity contribution in [3.63, 3.8) is 0 Å². The van der Waals surface area contributed by atoms with E-state index in [2.05, 4.69) is 20.9 Å². The predicted molar refractivity (Wildman–Crippen MR) is 86.7 cm³/mol. The second-order valence-electron chi connectivity index (χ2n) is 5.01. The third-order valence-corrected chi connectivity index (χ3v) is 3.22. The Morgan fingerprint density at radius 2 is 2.09 bits per heavy atom. The first-order valence-electron chi connectivity index (χ1n) is 7.29. The van der Waals surface area contributed by atoms with Gasteiger partial charge in [0.25, 0.3) is 0 Å². The molecule has 6 heteroatoms. The summed E-state index contributed by atoms with van der Waals surface area (Å²) in [5.74, 6) is -0.195. The number of nitrogens with zero attached hydrogens (tertiary/aromatic N) is 1. The van der Waals surface area contributed by atoms with Crippen molar-refractivity contribution in [3.8, 4) is 0 Å². The van der Waals surface area contributed by atoms with E-state index >= 15 is 0 Å². The first-order valence-corrected chi connectivity index (χ1v) is 7.29. The van der Waals surface area contributed by atoms with Gasteiger partial charge >= 0.3 is 6.03 Å². The Balaban J connectivity index is 2.00. The number of pyridine rings is 1. The van der Waals surface area contributed by atoms with Gasteiger partial charge in [0.05, 0.1) is 5.69 Å². The Bertz CT molecular complexity index is 667. The van der Waals surface area contributed by atoms with Gasteiger partial charge in [0, 0.05) is 29.7 Å². The molecule has 0 saturated heterocycles. The number of fused-ring (bicyclic) bond motifs is 1. The quantitative estimate of drug-likeness (QED) is 0.792. The first kappa shape index (κ1) is 15.8. The molecule has 3 N–H and O–H groups in total. The molecule has 2 rings (SSSR count). The summed E-state index contributed by atoms with van der Waals surface area (Å²) in [5, 5.41) is 9.97. The number of rotatable bonds is 5. The van der Waals surface area contributed by atoms with Gasteiger partial charge in [-0.25, -0.2) is 4.79 Å². The molecule has 1 aromatic heterocycles. The highest BCUT2D eigenvalue weighted by Crippen LogP contribution is 2.21. The van der Waals surface area contributed by atoms with E-state index in [0.29, 0.717) is 12.2 Å².